The molecule has 126 valence electrons. The van der Waals surface area contributed by atoms with Crippen molar-refractivity contribution in [3.05, 3.63) is 22.5 Å². The summed E-state index contributed by atoms with van der Waals surface area (Å²) in [5.74, 6) is -1.64. The molecule has 0 unspecified atom stereocenters. The Morgan fingerprint density at radius 2 is 1.78 bits per heavy atom. The third kappa shape index (κ3) is 3.14. The van der Waals surface area contributed by atoms with E-state index in [1.165, 1.54) is 4.90 Å². The number of nitrogens with zero attached hydrogens (tertiary/aromatic N) is 2. The van der Waals surface area contributed by atoms with Gasteiger partial charge in [-0.2, -0.15) is 0 Å². The van der Waals surface area contributed by atoms with Crippen molar-refractivity contribution < 1.29 is 23.9 Å². The van der Waals surface area contributed by atoms with Crippen LogP contribution in [0.2, 0.25) is 0 Å². The lowest BCUT2D eigenvalue weighted by atomic mass is 10.0. The molecule has 1 saturated heterocycles. The lowest BCUT2D eigenvalue weighted by Crippen LogP contribution is -2.44. The second-order valence-corrected chi connectivity index (χ2v) is 5.45. The van der Waals surface area contributed by atoms with Crippen LogP contribution in [0.1, 0.15) is 39.0 Å². The molecular weight excluding hydrogens is 300 g/mol. The molecule has 1 aromatic heterocycles. The van der Waals surface area contributed by atoms with Crippen LogP contribution in [-0.2, 0) is 21.3 Å². The van der Waals surface area contributed by atoms with Crippen molar-refractivity contribution in [3.8, 4) is 0 Å². The number of carbonyl (C=O) groups excluding carboxylic acids is 3. The maximum atomic E-state index is 12.6. The summed E-state index contributed by atoms with van der Waals surface area (Å²) in [6, 6.07) is 0. The fourth-order valence-corrected chi connectivity index (χ4v) is 2.82. The molecule has 0 saturated carbocycles. The van der Waals surface area contributed by atoms with Gasteiger partial charge in [0.15, 0.2) is 0 Å². The van der Waals surface area contributed by atoms with E-state index in [4.69, 9.17) is 9.47 Å². The number of hydrogen-bond acceptors (Lipinski definition) is 5. The molecule has 1 fully saturated rings. The third-order valence-corrected chi connectivity index (χ3v) is 4.12. The summed E-state index contributed by atoms with van der Waals surface area (Å²) >= 11 is 0. The molecule has 1 aliphatic rings. The number of esters is 1. The highest BCUT2D eigenvalue weighted by atomic mass is 16.5. The molecule has 0 spiro atoms. The lowest BCUT2D eigenvalue weighted by molar-refractivity contribution is -0.130. The fourth-order valence-electron chi connectivity index (χ4n) is 2.82. The van der Waals surface area contributed by atoms with Crippen LogP contribution >= 0.6 is 0 Å². The number of rotatable bonds is 4. The second-order valence-electron chi connectivity index (χ2n) is 5.45. The molecule has 1 amide bonds. The van der Waals surface area contributed by atoms with Crippen molar-refractivity contribution in [2.45, 2.75) is 20.8 Å². The first-order chi connectivity index (χ1) is 10.9. The van der Waals surface area contributed by atoms with Crippen molar-refractivity contribution >= 4 is 17.7 Å². The Morgan fingerprint density at radius 3 is 2.35 bits per heavy atom. The zero-order valence-corrected chi connectivity index (χ0v) is 14.0. The summed E-state index contributed by atoms with van der Waals surface area (Å²) in [6.07, 6.45) is 0. The van der Waals surface area contributed by atoms with E-state index in [9.17, 15) is 14.4 Å². The topological polar surface area (TPSA) is 77.8 Å². The summed E-state index contributed by atoms with van der Waals surface area (Å²) in [4.78, 5) is 38.6. The van der Waals surface area contributed by atoms with E-state index in [-0.39, 0.29) is 12.2 Å². The first kappa shape index (κ1) is 17.2. The highest BCUT2D eigenvalue weighted by Gasteiger charge is 2.31. The van der Waals surface area contributed by atoms with Gasteiger partial charge >= 0.3 is 5.97 Å². The Morgan fingerprint density at radius 1 is 1.17 bits per heavy atom. The molecule has 0 aromatic carbocycles. The van der Waals surface area contributed by atoms with Gasteiger partial charge in [0.1, 0.15) is 5.69 Å². The van der Waals surface area contributed by atoms with E-state index in [0.717, 1.165) is 0 Å². The Hall–Kier alpha value is -2.15. The molecule has 0 bridgehead atoms. The maximum absolute atomic E-state index is 12.6. The van der Waals surface area contributed by atoms with Gasteiger partial charge in [0.2, 0.25) is 0 Å². The average Bonchev–Trinajstić information content (AvgIpc) is 2.77. The molecule has 7 nitrogen and oxygen atoms in total. The number of morpholine rings is 1. The summed E-state index contributed by atoms with van der Waals surface area (Å²) in [6.45, 7) is 7.02. The third-order valence-electron chi connectivity index (χ3n) is 4.12. The van der Waals surface area contributed by atoms with E-state index in [1.807, 2.05) is 0 Å². The van der Waals surface area contributed by atoms with Gasteiger partial charge in [0, 0.05) is 25.8 Å². The Labute approximate surface area is 135 Å². The van der Waals surface area contributed by atoms with Gasteiger partial charge < -0.3 is 18.9 Å². The minimum Gasteiger partial charge on any atom is -0.461 e. The van der Waals surface area contributed by atoms with Gasteiger partial charge in [-0.1, -0.05) is 0 Å². The highest BCUT2D eigenvalue weighted by Crippen LogP contribution is 2.23. The van der Waals surface area contributed by atoms with Crippen LogP contribution in [0.25, 0.3) is 0 Å². The predicted molar refractivity (Wildman–Crippen MR) is 82.6 cm³/mol. The number of Topliss-reactive ketones (excluding diaryl/α,β-unsaturated/α-hetero) is 1. The molecule has 0 radical (unpaired) electrons. The van der Waals surface area contributed by atoms with Gasteiger partial charge in [-0.3, -0.25) is 9.59 Å². The zero-order chi connectivity index (χ0) is 17.1. The molecule has 0 N–H and O–H groups in total. The molecule has 7 heteroatoms. The predicted octanol–water partition coefficient (Wildman–Crippen LogP) is 0.860. The SMILES string of the molecule is CCOC(=O)c1c(C)c(C(=O)C(=O)N2CCOCC2)c(C)n1C. The van der Waals surface area contributed by atoms with Crippen LogP contribution in [0, 0.1) is 13.8 Å². The van der Waals surface area contributed by atoms with E-state index >= 15 is 0 Å². The van der Waals surface area contributed by atoms with Crippen LogP contribution in [0.15, 0.2) is 0 Å². The molecule has 2 rings (SSSR count). The average molecular weight is 322 g/mol. The van der Waals surface area contributed by atoms with E-state index in [0.29, 0.717) is 43.3 Å². The van der Waals surface area contributed by atoms with E-state index < -0.39 is 17.7 Å². The van der Waals surface area contributed by atoms with E-state index in [1.54, 1.807) is 32.4 Å². The monoisotopic (exact) mass is 322 g/mol. The van der Waals surface area contributed by atoms with Crippen LogP contribution in [-0.4, -0.2) is 60.0 Å². The van der Waals surface area contributed by atoms with Crippen LogP contribution < -0.4 is 0 Å². The van der Waals surface area contributed by atoms with Gasteiger partial charge in [0.25, 0.3) is 11.7 Å². The van der Waals surface area contributed by atoms with Crippen molar-refractivity contribution in [1.82, 2.24) is 9.47 Å². The van der Waals surface area contributed by atoms with Crippen molar-refractivity contribution in [3.63, 3.8) is 0 Å². The van der Waals surface area contributed by atoms with Crippen molar-refractivity contribution in [2.24, 2.45) is 7.05 Å². The van der Waals surface area contributed by atoms with E-state index in [2.05, 4.69) is 0 Å². The number of amides is 1. The first-order valence-corrected chi connectivity index (χ1v) is 7.64. The molecule has 23 heavy (non-hydrogen) atoms. The first-order valence-electron chi connectivity index (χ1n) is 7.64. The molecular formula is C16H22N2O5. The minimum absolute atomic E-state index is 0.249. The van der Waals surface area contributed by atoms with Crippen LogP contribution in [0.3, 0.4) is 0 Å². The molecule has 1 aromatic rings. The van der Waals surface area contributed by atoms with Crippen molar-refractivity contribution in [2.75, 3.05) is 32.9 Å². The van der Waals surface area contributed by atoms with Crippen molar-refractivity contribution in [1.29, 1.82) is 0 Å². The second kappa shape index (κ2) is 6.95. The normalized spacial score (nSPS) is 14.7. The quantitative estimate of drug-likeness (QED) is 0.467. The standard InChI is InChI=1S/C16H22N2O5/c1-5-23-16(21)13-10(2)12(11(3)17(13)4)14(19)15(20)18-6-8-22-9-7-18/h5-9H2,1-4H3. The summed E-state index contributed by atoms with van der Waals surface area (Å²) in [5, 5.41) is 0. The summed E-state index contributed by atoms with van der Waals surface area (Å²) in [5.41, 5.74) is 1.65. The number of ketones is 1. The van der Waals surface area contributed by atoms with Crippen LogP contribution in [0.4, 0.5) is 0 Å². The lowest BCUT2D eigenvalue weighted by Gasteiger charge is -2.26. The maximum Gasteiger partial charge on any atom is 0.355 e. The highest BCUT2D eigenvalue weighted by molar-refractivity contribution is 6.43. The number of ether oxygens (including phenoxy) is 2. The molecule has 0 atom stereocenters. The Balaban J connectivity index is 2.35. The smallest absolute Gasteiger partial charge is 0.355 e. The van der Waals surface area contributed by atoms with Crippen LogP contribution in [0.5, 0.6) is 0 Å². The molecule has 0 aliphatic carbocycles. The van der Waals surface area contributed by atoms with Gasteiger partial charge in [0.05, 0.1) is 25.4 Å². The molecule has 1 aliphatic heterocycles. The molecule has 2 heterocycles. The van der Waals surface area contributed by atoms with Gasteiger partial charge in [-0.15, -0.1) is 0 Å². The largest absolute Gasteiger partial charge is 0.461 e. The Kier molecular flexibility index (Phi) is 5.20. The number of carbonyl (C=O) groups is 3. The number of aromatic nitrogens is 1. The fraction of sp³-hybridized carbons (Fsp3) is 0.562. The van der Waals surface area contributed by atoms with Gasteiger partial charge in [-0.25, -0.2) is 4.79 Å². The van der Waals surface area contributed by atoms with Gasteiger partial charge in [-0.05, 0) is 26.3 Å². The Bertz CT molecular complexity index is 641. The number of hydrogen-bond donors (Lipinski definition) is 0. The summed E-state index contributed by atoms with van der Waals surface area (Å²) < 4.78 is 11.8. The minimum atomic E-state index is -0.590. The summed E-state index contributed by atoms with van der Waals surface area (Å²) in [7, 11) is 1.69. The zero-order valence-electron chi connectivity index (χ0n) is 14.0.